The molecule has 2 saturated heterocycles. The standard InChI is InChI=1S/C24H33N5O2/c1-16-10-25-17(2)23(26-16)28-11-18-9-20(14-28)22-7-6-19(24(30)29(22)12-18)13-27-8-4-5-21(27)15-31-3/h6-7,10,18,20-21H,4-5,8-9,11-15H2,1-3H3/t18-,20+,21-/m0/s1. The van der Waals surface area contributed by atoms with Gasteiger partial charge < -0.3 is 14.2 Å². The van der Waals surface area contributed by atoms with Crippen LogP contribution in [0.25, 0.3) is 0 Å². The highest BCUT2D eigenvalue weighted by molar-refractivity contribution is 5.45. The van der Waals surface area contributed by atoms with E-state index in [4.69, 9.17) is 9.72 Å². The first-order valence-corrected chi connectivity index (χ1v) is 11.5. The number of hydrogen-bond acceptors (Lipinski definition) is 6. The van der Waals surface area contributed by atoms with Gasteiger partial charge in [0.25, 0.3) is 5.56 Å². The van der Waals surface area contributed by atoms with Gasteiger partial charge in [0.2, 0.25) is 0 Å². The summed E-state index contributed by atoms with van der Waals surface area (Å²) in [7, 11) is 1.76. The Kier molecular flexibility index (Phi) is 5.56. The molecule has 5 rings (SSSR count). The topological polar surface area (TPSA) is 63.5 Å². The lowest BCUT2D eigenvalue weighted by Crippen LogP contribution is -2.48. The molecule has 0 aromatic carbocycles. The minimum absolute atomic E-state index is 0.204. The van der Waals surface area contributed by atoms with Crippen molar-refractivity contribution < 1.29 is 4.74 Å². The maximum Gasteiger partial charge on any atom is 0.255 e. The Labute approximate surface area is 184 Å². The Bertz CT molecular complexity index is 1020. The molecule has 0 N–H and O–H groups in total. The van der Waals surface area contributed by atoms with Crippen LogP contribution in [0.1, 0.15) is 47.8 Å². The molecule has 0 aliphatic carbocycles. The summed E-state index contributed by atoms with van der Waals surface area (Å²) in [6.07, 6.45) is 5.32. The van der Waals surface area contributed by atoms with E-state index in [0.29, 0.717) is 17.9 Å². The SMILES string of the molecule is COC[C@@H]1CCCN1Cc1ccc2n(c1=O)C[C@H]1C[C@@H]2CN(c2nc(C)cnc2C)C1. The van der Waals surface area contributed by atoms with Gasteiger partial charge in [-0.25, -0.2) is 4.98 Å². The van der Waals surface area contributed by atoms with Gasteiger partial charge in [0.1, 0.15) is 5.82 Å². The van der Waals surface area contributed by atoms with Crippen LogP contribution in [0.5, 0.6) is 0 Å². The number of fused-ring (bicyclic) bond motifs is 4. The van der Waals surface area contributed by atoms with Crippen molar-refractivity contribution in [2.45, 2.75) is 58.2 Å². The molecule has 7 nitrogen and oxygen atoms in total. The zero-order valence-corrected chi connectivity index (χ0v) is 18.9. The first kappa shape index (κ1) is 20.6. The Balaban J connectivity index is 1.39. The summed E-state index contributed by atoms with van der Waals surface area (Å²) < 4.78 is 7.46. The third-order valence-electron chi connectivity index (χ3n) is 7.27. The lowest BCUT2D eigenvalue weighted by Gasteiger charge is -2.43. The van der Waals surface area contributed by atoms with Crippen molar-refractivity contribution in [1.29, 1.82) is 0 Å². The van der Waals surface area contributed by atoms with Crippen molar-refractivity contribution >= 4 is 5.82 Å². The fourth-order valence-electron chi connectivity index (χ4n) is 5.81. The van der Waals surface area contributed by atoms with Gasteiger partial charge in [-0.1, -0.05) is 6.07 Å². The highest BCUT2D eigenvalue weighted by Gasteiger charge is 2.36. The normalized spacial score (nSPS) is 25.6. The average molecular weight is 424 g/mol. The first-order valence-electron chi connectivity index (χ1n) is 11.5. The van der Waals surface area contributed by atoms with E-state index in [1.54, 1.807) is 7.11 Å². The fraction of sp³-hybridized carbons (Fsp3) is 0.625. The third kappa shape index (κ3) is 3.89. The molecule has 2 bridgehead atoms. The highest BCUT2D eigenvalue weighted by Crippen LogP contribution is 2.37. The summed E-state index contributed by atoms with van der Waals surface area (Å²) in [5.74, 6) is 1.83. The van der Waals surface area contributed by atoms with Crippen LogP contribution in [0.3, 0.4) is 0 Å². The molecule has 0 saturated carbocycles. The summed E-state index contributed by atoms with van der Waals surface area (Å²) in [6.45, 7) is 9.19. The minimum atomic E-state index is 0.204. The van der Waals surface area contributed by atoms with Crippen LogP contribution < -0.4 is 10.5 Å². The molecule has 3 atom stereocenters. The van der Waals surface area contributed by atoms with Gasteiger partial charge >= 0.3 is 0 Å². The van der Waals surface area contributed by atoms with E-state index in [9.17, 15) is 4.79 Å². The largest absolute Gasteiger partial charge is 0.383 e. The summed E-state index contributed by atoms with van der Waals surface area (Å²) in [5, 5.41) is 0. The molecule has 2 aromatic heterocycles. The molecule has 2 aromatic rings. The van der Waals surface area contributed by atoms with Crippen LogP contribution in [0.15, 0.2) is 23.1 Å². The van der Waals surface area contributed by atoms with Gasteiger partial charge in [-0.05, 0) is 51.6 Å². The quantitative estimate of drug-likeness (QED) is 0.736. The number of ether oxygens (including phenoxy) is 1. The van der Waals surface area contributed by atoms with Gasteiger partial charge in [0, 0.05) is 62.7 Å². The smallest absolute Gasteiger partial charge is 0.255 e. The number of aryl methyl sites for hydroxylation is 2. The second-order valence-corrected chi connectivity index (χ2v) is 9.55. The van der Waals surface area contributed by atoms with Crippen molar-refractivity contribution in [2.24, 2.45) is 5.92 Å². The Morgan fingerprint density at radius 2 is 2.06 bits per heavy atom. The Morgan fingerprint density at radius 3 is 2.90 bits per heavy atom. The second-order valence-electron chi connectivity index (χ2n) is 9.55. The number of aromatic nitrogens is 3. The summed E-state index contributed by atoms with van der Waals surface area (Å²) in [4.78, 5) is 27.5. The predicted octanol–water partition coefficient (Wildman–Crippen LogP) is 2.49. The average Bonchev–Trinajstić information content (AvgIpc) is 3.19. The predicted molar refractivity (Wildman–Crippen MR) is 121 cm³/mol. The Hall–Kier alpha value is -2.25. The van der Waals surface area contributed by atoms with E-state index in [0.717, 1.165) is 74.9 Å². The van der Waals surface area contributed by atoms with Crippen molar-refractivity contribution in [3.63, 3.8) is 0 Å². The van der Waals surface area contributed by atoms with Crippen molar-refractivity contribution in [1.82, 2.24) is 19.4 Å². The van der Waals surface area contributed by atoms with Crippen LogP contribution in [0.2, 0.25) is 0 Å². The number of methoxy groups -OCH3 is 1. The van der Waals surface area contributed by atoms with Crippen LogP contribution in [-0.4, -0.2) is 58.8 Å². The number of rotatable bonds is 5. The lowest BCUT2D eigenvalue weighted by atomic mass is 9.83. The molecular weight excluding hydrogens is 390 g/mol. The van der Waals surface area contributed by atoms with Gasteiger partial charge in [-0.2, -0.15) is 0 Å². The van der Waals surface area contributed by atoms with E-state index in [1.165, 1.54) is 12.1 Å². The van der Waals surface area contributed by atoms with Gasteiger partial charge in [0.15, 0.2) is 0 Å². The molecule has 0 radical (unpaired) electrons. The van der Waals surface area contributed by atoms with Crippen LogP contribution >= 0.6 is 0 Å². The van der Waals surface area contributed by atoms with E-state index < -0.39 is 0 Å². The first-order chi connectivity index (χ1) is 15.0. The zero-order chi connectivity index (χ0) is 21.5. The van der Waals surface area contributed by atoms with E-state index in [-0.39, 0.29) is 5.56 Å². The summed E-state index contributed by atoms with van der Waals surface area (Å²) in [5.41, 5.74) is 4.24. The van der Waals surface area contributed by atoms with E-state index >= 15 is 0 Å². The number of piperidine rings is 1. The fourth-order valence-corrected chi connectivity index (χ4v) is 5.81. The highest BCUT2D eigenvalue weighted by atomic mass is 16.5. The molecule has 31 heavy (non-hydrogen) atoms. The van der Waals surface area contributed by atoms with Crippen LogP contribution in [0, 0.1) is 19.8 Å². The monoisotopic (exact) mass is 423 g/mol. The van der Waals surface area contributed by atoms with E-state index in [2.05, 4.69) is 31.5 Å². The molecule has 3 aliphatic heterocycles. The van der Waals surface area contributed by atoms with Gasteiger partial charge in [-0.15, -0.1) is 0 Å². The number of hydrogen-bond donors (Lipinski definition) is 0. The molecule has 0 unspecified atom stereocenters. The van der Waals surface area contributed by atoms with E-state index in [1.807, 2.05) is 20.0 Å². The van der Waals surface area contributed by atoms with Gasteiger partial charge in [-0.3, -0.25) is 14.7 Å². The van der Waals surface area contributed by atoms with Crippen molar-refractivity contribution in [3.05, 3.63) is 51.3 Å². The number of likely N-dealkylation sites (tertiary alicyclic amines) is 1. The number of nitrogens with zero attached hydrogens (tertiary/aromatic N) is 5. The number of anilines is 1. The summed E-state index contributed by atoms with van der Waals surface area (Å²) >= 11 is 0. The van der Waals surface area contributed by atoms with Gasteiger partial charge in [0.05, 0.1) is 18.0 Å². The molecule has 3 aliphatic rings. The molecule has 5 heterocycles. The van der Waals surface area contributed by atoms with Crippen LogP contribution in [-0.2, 0) is 17.8 Å². The molecule has 7 heteroatoms. The second kappa shape index (κ2) is 8.36. The zero-order valence-electron chi connectivity index (χ0n) is 18.9. The maximum absolute atomic E-state index is 13.4. The lowest BCUT2D eigenvalue weighted by molar-refractivity contribution is 0.111. The number of pyridine rings is 1. The van der Waals surface area contributed by atoms with Crippen molar-refractivity contribution in [3.8, 4) is 0 Å². The molecule has 2 fully saturated rings. The Morgan fingerprint density at radius 1 is 1.19 bits per heavy atom. The molecule has 166 valence electrons. The summed E-state index contributed by atoms with van der Waals surface area (Å²) in [6, 6.07) is 4.71. The molecule has 0 amide bonds. The molecule has 0 spiro atoms. The third-order valence-corrected chi connectivity index (χ3v) is 7.27. The maximum atomic E-state index is 13.4. The molecular formula is C24H33N5O2. The van der Waals surface area contributed by atoms with Crippen LogP contribution in [0.4, 0.5) is 5.82 Å². The van der Waals surface area contributed by atoms with Crippen molar-refractivity contribution in [2.75, 3.05) is 38.3 Å². The minimum Gasteiger partial charge on any atom is -0.383 e.